The van der Waals surface area contributed by atoms with Gasteiger partial charge in [-0.1, -0.05) is 35.9 Å². The molecule has 0 fully saturated rings. The number of fused-ring (bicyclic) bond motifs is 1. The number of aromatic nitrogens is 2. The van der Waals surface area contributed by atoms with Gasteiger partial charge in [0.1, 0.15) is 17.4 Å². The molecule has 3 heterocycles. The van der Waals surface area contributed by atoms with Crippen LogP contribution in [0.25, 0.3) is 20.7 Å². The van der Waals surface area contributed by atoms with Crippen LogP contribution < -0.4 is 10.9 Å². The summed E-state index contributed by atoms with van der Waals surface area (Å²) >= 11 is 9.36. The molecule has 4 nitrogen and oxygen atoms in total. The Morgan fingerprint density at radius 3 is 2.85 bits per heavy atom. The molecule has 0 unspecified atom stereocenters. The van der Waals surface area contributed by atoms with Gasteiger partial charge >= 0.3 is 0 Å². The highest BCUT2D eigenvalue weighted by atomic mass is 35.5. The number of benzene rings is 1. The van der Waals surface area contributed by atoms with Crippen LogP contribution in [0.5, 0.6) is 0 Å². The van der Waals surface area contributed by atoms with E-state index in [0.717, 1.165) is 32.4 Å². The Bertz CT molecular complexity index is 1100. The minimum absolute atomic E-state index is 0.0238. The summed E-state index contributed by atoms with van der Waals surface area (Å²) in [7, 11) is 0. The van der Waals surface area contributed by atoms with Gasteiger partial charge in [-0.25, -0.2) is 4.98 Å². The average molecular weight is 403 g/mol. The molecule has 0 amide bonds. The molecular weight excluding hydrogens is 386 g/mol. The highest BCUT2D eigenvalue weighted by Crippen LogP contribution is 2.33. The Morgan fingerprint density at radius 2 is 2.08 bits per heavy atom. The number of hydrogen-bond donors (Lipinski definition) is 2. The third kappa shape index (κ3) is 3.33. The monoisotopic (exact) mass is 402 g/mol. The summed E-state index contributed by atoms with van der Waals surface area (Å²) in [6.45, 7) is 2.77. The molecule has 4 aromatic rings. The Hall–Kier alpha value is -1.99. The molecule has 0 aliphatic carbocycles. The van der Waals surface area contributed by atoms with Crippen LogP contribution in [0.3, 0.4) is 0 Å². The van der Waals surface area contributed by atoms with Crippen molar-refractivity contribution in [2.24, 2.45) is 0 Å². The number of rotatable bonds is 5. The van der Waals surface area contributed by atoms with Crippen LogP contribution in [0.4, 0.5) is 0 Å². The molecule has 3 aromatic heterocycles. The quantitative estimate of drug-likeness (QED) is 0.525. The van der Waals surface area contributed by atoms with Gasteiger partial charge in [-0.15, -0.1) is 22.7 Å². The van der Waals surface area contributed by atoms with Gasteiger partial charge in [0, 0.05) is 26.4 Å². The lowest BCUT2D eigenvalue weighted by Crippen LogP contribution is -2.83. The largest absolute Gasteiger partial charge is 0.334 e. The third-order valence-corrected chi connectivity index (χ3v) is 6.47. The molecule has 3 N–H and O–H groups in total. The Balaban J connectivity index is 1.61. The van der Waals surface area contributed by atoms with Crippen molar-refractivity contribution in [3.63, 3.8) is 0 Å². The van der Waals surface area contributed by atoms with E-state index in [4.69, 9.17) is 16.6 Å². The second-order valence-corrected chi connectivity index (χ2v) is 8.29. The van der Waals surface area contributed by atoms with Gasteiger partial charge in [0.25, 0.3) is 5.56 Å². The molecule has 4 rings (SSSR count). The predicted octanol–water partition coefficient (Wildman–Crippen LogP) is 4.19. The zero-order valence-corrected chi connectivity index (χ0v) is 16.4. The molecule has 1 atom stereocenters. The van der Waals surface area contributed by atoms with Crippen LogP contribution in [0.2, 0.25) is 5.02 Å². The standard InChI is InChI=1S/C19H16ClN3OS2/c1-11(21-9-12-5-2-3-6-14(12)20)17-22-18(24)16-13(10-26-19(16)23-17)15-7-4-8-25-15/h2-8,10-11,21H,9H2,1H3,(H,22,23,24)/p+1/t11-/m0/s1. The van der Waals surface area contributed by atoms with Crippen molar-refractivity contribution in [3.8, 4) is 10.4 Å². The number of nitrogens with zero attached hydrogens (tertiary/aromatic N) is 1. The molecule has 0 radical (unpaired) electrons. The zero-order valence-electron chi connectivity index (χ0n) is 14.0. The van der Waals surface area contributed by atoms with Gasteiger partial charge in [-0.2, -0.15) is 0 Å². The summed E-state index contributed by atoms with van der Waals surface area (Å²) in [6.07, 6.45) is 0. The molecule has 0 bridgehead atoms. The summed E-state index contributed by atoms with van der Waals surface area (Å²) < 4.78 is 0. The predicted molar refractivity (Wildman–Crippen MR) is 109 cm³/mol. The van der Waals surface area contributed by atoms with E-state index in [9.17, 15) is 4.79 Å². The van der Waals surface area contributed by atoms with Crippen LogP contribution in [-0.4, -0.2) is 9.97 Å². The first-order valence-corrected chi connectivity index (χ1v) is 10.4. The van der Waals surface area contributed by atoms with E-state index in [0.29, 0.717) is 11.2 Å². The number of nitrogens with one attached hydrogen (secondary N) is 1. The van der Waals surface area contributed by atoms with E-state index >= 15 is 0 Å². The first-order chi connectivity index (χ1) is 12.6. The summed E-state index contributed by atoms with van der Waals surface area (Å²) in [5.41, 5.74) is 1.96. The number of thiophene rings is 2. The summed E-state index contributed by atoms with van der Waals surface area (Å²) in [5, 5.41) is 7.59. The molecule has 132 valence electrons. The lowest BCUT2D eigenvalue weighted by atomic mass is 10.2. The van der Waals surface area contributed by atoms with Crippen LogP contribution >= 0.6 is 34.3 Å². The van der Waals surface area contributed by atoms with Crippen molar-refractivity contribution in [3.05, 3.63) is 73.9 Å². The SMILES string of the molecule is C[C@H]([NH2+]Cc1ccccc1Cl)c1nc2scc(-c3cccs3)c2c(=O)[nH]1. The zero-order chi connectivity index (χ0) is 18.1. The number of H-pyrrole nitrogens is 1. The smallest absolute Gasteiger partial charge is 0.260 e. The average Bonchev–Trinajstić information content (AvgIpc) is 3.30. The van der Waals surface area contributed by atoms with Crippen molar-refractivity contribution in [2.45, 2.75) is 19.5 Å². The maximum absolute atomic E-state index is 12.7. The van der Waals surface area contributed by atoms with Crippen molar-refractivity contribution in [1.29, 1.82) is 0 Å². The molecular formula is C19H17ClN3OS2+. The topological polar surface area (TPSA) is 62.4 Å². The van der Waals surface area contributed by atoms with Crippen molar-refractivity contribution in [2.75, 3.05) is 0 Å². The second-order valence-electron chi connectivity index (χ2n) is 6.08. The molecule has 7 heteroatoms. The molecule has 0 aliphatic rings. The van der Waals surface area contributed by atoms with Crippen LogP contribution in [-0.2, 0) is 6.54 Å². The lowest BCUT2D eigenvalue weighted by molar-refractivity contribution is -0.709. The maximum atomic E-state index is 12.7. The van der Waals surface area contributed by atoms with Gasteiger partial charge in [0.05, 0.1) is 5.39 Å². The van der Waals surface area contributed by atoms with Crippen LogP contribution in [0.15, 0.2) is 52.0 Å². The summed E-state index contributed by atoms with van der Waals surface area (Å²) in [6, 6.07) is 11.8. The highest BCUT2D eigenvalue weighted by Gasteiger charge is 2.18. The van der Waals surface area contributed by atoms with Gasteiger partial charge in [-0.05, 0) is 24.4 Å². The van der Waals surface area contributed by atoms with E-state index < -0.39 is 0 Å². The Labute approximate surface area is 163 Å². The normalized spacial score (nSPS) is 12.5. The second kappa shape index (κ2) is 7.32. The van der Waals surface area contributed by atoms with E-state index in [1.165, 1.54) is 11.3 Å². The number of quaternary nitrogens is 1. The minimum atomic E-state index is -0.0763. The molecule has 0 aliphatic heterocycles. The fourth-order valence-corrected chi connectivity index (χ4v) is 4.86. The van der Waals surface area contributed by atoms with E-state index in [1.807, 2.05) is 54.1 Å². The number of hydrogen-bond acceptors (Lipinski definition) is 4. The Morgan fingerprint density at radius 1 is 1.23 bits per heavy atom. The fraction of sp³-hybridized carbons (Fsp3) is 0.158. The first kappa shape index (κ1) is 17.4. The molecule has 0 spiro atoms. The van der Waals surface area contributed by atoms with E-state index in [-0.39, 0.29) is 11.6 Å². The minimum Gasteiger partial charge on any atom is -0.334 e. The lowest BCUT2D eigenvalue weighted by Gasteiger charge is -2.11. The van der Waals surface area contributed by atoms with Gasteiger partial charge < -0.3 is 10.3 Å². The van der Waals surface area contributed by atoms with Gasteiger partial charge in [0.2, 0.25) is 0 Å². The van der Waals surface area contributed by atoms with Crippen molar-refractivity contribution >= 4 is 44.5 Å². The maximum Gasteiger partial charge on any atom is 0.260 e. The van der Waals surface area contributed by atoms with Gasteiger partial charge in [-0.3, -0.25) is 4.79 Å². The van der Waals surface area contributed by atoms with Crippen LogP contribution in [0, 0.1) is 0 Å². The number of halogens is 1. The van der Waals surface area contributed by atoms with Crippen LogP contribution in [0.1, 0.15) is 24.4 Å². The fourth-order valence-electron chi connectivity index (χ4n) is 2.87. The molecule has 26 heavy (non-hydrogen) atoms. The third-order valence-electron chi connectivity index (χ3n) is 4.33. The highest BCUT2D eigenvalue weighted by molar-refractivity contribution is 7.18. The first-order valence-electron chi connectivity index (χ1n) is 8.25. The summed E-state index contributed by atoms with van der Waals surface area (Å²) in [4.78, 5) is 22.2. The number of aromatic amines is 1. The molecule has 1 aromatic carbocycles. The van der Waals surface area contributed by atoms with E-state index in [2.05, 4.69) is 10.3 Å². The Kier molecular flexibility index (Phi) is 4.91. The molecule has 0 saturated heterocycles. The van der Waals surface area contributed by atoms with Gasteiger partial charge in [0.15, 0.2) is 5.82 Å². The number of nitrogens with two attached hydrogens (primary N) is 1. The van der Waals surface area contributed by atoms with E-state index in [1.54, 1.807) is 11.3 Å². The van der Waals surface area contributed by atoms with Crippen molar-refractivity contribution < 1.29 is 5.32 Å². The summed E-state index contributed by atoms with van der Waals surface area (Å²) in [5.74, 6) is 0.689. The molecule has 0 saturated carbocycles. The van der Waals surface area contributed by atoms with Crippen molar-refractivity contribution in [1.82, 2.24) is 9.97 Å².